The maximum atomic E-state index is 10.0. The Morgan fingerprint density at radius 2 is 2.00 bits per heavy atom. The minimum Gasteiger partial charge on any atom is -0.761 e. The Balaban J connectivity index is 2.81. The Morgan fingerprint density at radius 3 is 2.44 bits per heavy atom. The van der Waals surface area contributed by atoms with Gasteiger partial charge in [0.05, 0.1) is 0 Å². The van der Waals surface area contributed by atoms with Crippen LogP contribution in [0.1, 0.15) is 6.92 Å². The Bertz CT molecular complexity index is 175. The topological polar surface area (TPSA) is 35.1 Å². The van der Waals surface area contributed by atoms with Gasteiger partial charge in [0.15, 0.2) is 0 Å². The van der Waals surface area contributed by atoms with Crippen LogP contribution in [0.5, 0.6) is 0 Å². The molecular formula is C7H8NO-. The number of hydrogen-bond acceptors (Lipinski definition) is 2. The summed E-state index contributed by atoms with van der Waals surface area (Å²) in [7, 11) is 0. The second kappa shape index (κ2) is 2.51. The molecule has 9 heavy (non-hydrogen) atoms. The van der Waals surface area contributed by atoms with E-state index in [-0.39, 0.29) is 0 Å². The maximum absolute atomic E-state index is 10.0. The van der Waals surface area contributed by atoms with Crippen molar-refractivity contribution in [3.05, 3.63) is 40.8 Å². The fraction of sp³-hybridized carbons (Fsp3) is 0.143. The van der Waals surface area contributed by atoms with Gasteiger partial charge in [-0.25, -0.2) is 0 Å². The van der Waals surface area contributed by atoms with E-state index >= 15 is 0 Å². The fourth-order valence-corrected chi connectivity index (χ4v) is 0.683. The third kappa shape index (κ3) is 1.21. The molecular weight excluding hydrogens is 114 g/mol. The van der Waals surface area contributed by atoms with E-state index in [0.29, 0.717) is 5.70 Å². The van der Waals surface area contributed by atoms with Crippen LogP contribution in [-0.4, -0.2) is 0 Å². The normalized spacial score (nSPS) is 14.7. The highest BCUT2D eigenvalue weighted by atomic mass is 16.5. The lowest BCUT2D eigenvalue weighted by Crippen LogP contribution is -2.00. The zero-order valence-electron chi connectivity index (χ0n) is 5.22. The van der Waals surface area contributed by atoms with Crippen molar-refractivity contribution in [3.63, 3.8) is 0 Å². The molecule has 2 nitrogen and oxygen atoms in total. The standard InChI is InChI=1S/C7H8NO/c1-6(8-9)7-4-2-3-5-7/h2-5,8H,1H3/q-1. The molecule has 2 heteroatoms. The first-order valence-electron chi connectivity index (χ1n) is 2.78. The van der Waals surface area contributed by atoms with Gasteiger partial charge < -0.3 is 10.7 Å². The number of nitrogens with one attached hydrogen (secondary N) is 1. The summed E-state index contributed by atoms with van der Waals surface area (Å²) < 4.78 is 0. The van der Waals surface area contributed by atoms with E-state index in [4.69, 9.17) is 0 Å². The van der Waals surface area contributed by atoms with Crippen LogP contribution in [0.15, 0.2) is 35.6 Å². The van der Waals surface area contributed by atoms with Crippen molar-refractivity contribution >= 4 is 0 Å². The Morgan fingerprint density at radius 1 is 1.44 bits per heavy atom. The molecule has 0 fully saturated rings. The average Bonchev–Trinajstić information content (AvgIpc) is 2.37. The molecule has 0 aliphatic heterocycles. The van der Waals surface area contributed by atoms with Crippen LogP contribution >= 0.6 is 0 Å². The van der Waals surface area contributed by atoms with Gasteiger partial charge in [0.2, 0.25) is 0 Å². The van der Waals surface area contributed by atoms with E-state index in [1.165, 1.54) is 0 Å². The van der Waals surface area contributed by atoms with Gasteiger partial charge in [0.25, 0.3) is 0 Å². The molecule has 1 aliphatic rings. The van der Waals surface area contributed by atoms with Crippen molar-refractivity contribution in [3.8, 4) is 0 Å². The summed E-state index contributed by atoms with van der Waals surface area (Å²) in [5, 5.41) is 10.0. The third-order valence-electron chi connectivity index (χ3n) is 1.25. The minimum absolute atomic E-state index is 0.667. The Kier molecular flexibility index (Phi) is 1.70. The van der Waals surface area contributed by atoms with E-state index in [1.54, 1.807) is 6.92 Å². The van der Waals surface area contributed by atoms with E-state index < -0.39 is 0 Å². The predicted molar refractivity (Wildman–Crippen MR) is 37.5 cm³/mol. The number of rotatable bonds is 1. The summed E-state index contributed by atoms with van der Waals surface area (Å²) in [6.07, 6.45) is 7.58. The van der Waals surface area contributed by atoms with Gasteiger partial charge in [-0.1, -0.05) is 24.3 Å². The van der Waals surface area contributed by atoms with Crippen molar-refractivity contribution in [2.24, 2.45) is 0 Å². The monoisotopic (exact) mass is 122 g/mol. The smallest absolute Gasteiger partial charge is 0.00416 e. The molecule has 48 valence electrons. The summed E-state index contributed by atoms with van der Waals surface area (Å²) in [5.41, 5.74) is 3.46. The molecule has 0 saturated heterocycles. The lowest BCUT2D eigenvalue weighted by Gasteiger charge is -2.10. The van der Waals surface area contributed by atoms with Crippen LogP contribution in [0.25, 0.3) is 0 Å². The average molecular weight is 122 g/mol. The van der Waals surface area contributed by atoms with Crippen LogP contribution < -0.4 is 5.48 Å². The van der Waals surface area contributed by atoms with Gasteiger partial charge in [0, 0.05) is 5.70 Å². The summed E-state index contributed by atoms with van der Waals surface area (Å²) in [6, 6.07) is 0. The predicted octanol–water partition coefficient (Wildman–Crippen LogP) is 1.47. The summed E-state index contributed by atoms with van der Waals surface area (Å²) in [4.78, 5) is 0. The summed E-state index contributed by atoms with van der Waals surface area (Å²) in [6.45, 7) is 1.75. The molecule has 0 aromatic heterocycles. The number of allylic oxidation sites excluding steroid dienone is 6. The molecule has 0 aromatic rings. The molecule has 0 radical (unpaired) electrons. The number of hydroxylamine groups is 1. The first kappa shape index (κ1) is 6.11. The van der Waals surface area contributed by atoms with E-state index in [1.807, 2.05) is 29.8 Å². The van der Waals surface area contributed by atoms with Gasteiger partial charge in [-0.3, -0.25) is 0 Å². The molecule has 1 rings (SSSR count). The Hall–Kier alpha value is -1.02. The van der Waals surface area contributed by atoms with E-state index in [2.05, 4.69) is 0 Å². The van der Waals surface area contributed by atoms with Crippen LogP contribution in [0, 0.1) is 5.21 Å². The highest BCUT2D eigenvalue weighted by Crippen LogP contribution is 2.09. The SMILES string of the molecule is CC(N[O-])=C1C=CC=C1. The first-order chi connectivity index (χ1) is 4.34. The zero-order chi connectivity index (χ0) is 6.69. The quantitative estimate of drug-likeness (QED) is 0.534. The Labute approximate surface area is 54.2 Å². The van der Waals surface area contributed by atoms with Crippen molar-refractivity contribution < 1.29 is 0 Å². The van der Waals surface area contributed by atoms with Crippen molar-refractivity contribution in [1.82, 2.24) is 5.48 Å². The second-order valence-electron chi connectivity index (χ2n) is 1.90. The molecule has 0 heterocycles. The first-order valence-corrected chi connectivity index (χ1v) is 2.78. The molecule has 0 saturated carbocycles. The lowest BCUT2D eigenvalue weighted by atomic mass is 10.2. The molecule has 1 N–H and O–H groups in total. The van der Waals surface area contributed by atoms with Crippen LogP contribution in [0.3, 0.4) is 0 Å². The van der Waals surface area contributed by atoms with Crippen molar-refractivity contribution in [2.45, 2.75) is 6.92 Å². The van der Waals surface area contributed by atoms with E-state index in [9.17, 15) is 5.21 Å². The highest BCUT2D eigenvalue weighted by Gasteiger charge is 1.92. The largest absolute Gasteiger partial charge is 0.761 e. The van der Waals surface area contributed by atoms with Gasteiger partial charge in [-0.2, -0.15) is 0 Å². The van der Waals surface area contributed by atoms with Gasteiger partial charge in [0.1, 0.15) is 0 Å². The summed E-state index contributed by atoms with van der Waals surface area (Å²) in [5.74, 6) is 0. The third-order valence-corrected chi connectivity index (χ3v) is 1.25. The molecule has 0 atom stereocenters. The van der Waals surface area contributed by atoms with Crippen LogP contribution in [0.4, 0.5) is 0 Å². The minimum atomic E-state index is 0.667. The lowest BCUT2D eigenvalue weighted by molar-refractivity contribution is 1.05. The fourth-order valence-electron chi connectivity index (χ4n) is 0.683. The number of hydrogen-bond donors (Lipinski definition) is 1. The summed E-state index contributed by atoms with van der Waals surface area (Å²) >= 11 is 0. The molecule has 0 bridgehead atoms. The van der Waals surface area contributed by atoms with Crippen molar-refractivity contribution in [2.75, 3.05) is 0 Å². The molecule has 0 amide bonds. The van der Waals surface area contributed by atoms with Crippen LogP contribution in [0.2, 0.25) is 0 Å². The highest BCUT2D eigenvalue weighted by molar-refractivity contribution is 5.42. The van der Waals surface area contributed by atoms with Crippen molar-refractivity contribution in [1.29, 1.82) is 0 Å². The molecule has 0 unspecified atom stereocenters. The maximum Gasteiger partial charge on any atom is 0.00416 e. The molecule has 0 aromatic carbocycles. The van der Waals surface area contributed by atoms with Crippen LogP contribution in [-0.2, 0) is 0 Å². The van der Waals surface area contributed by atoms with Gasteiger partial charge in [-0.15, -0.1) is 0 Å². The van der Waals surface area contributed by atoms with Gasteiger partial charge >= 0.3 is 0 Å². The van der Waals surface area contributed by atoms with Gasteiger partial charge in [-0.05, 0) is 12.5 Å². The molecule has 1 aliphatic carbocycles. The zero-order valence-corrected chi connectivity index (χ0v) is 5.22. The van der Waals surface area contributed by atoms with E-state index in [0.717, 1.165) is 5.57 Å². The molecule has 0 spiro atoms. The second-order valence-corrected chi connectivity index (χ2v) is 1.90.